The highest BCUT2D eigenvalue weighted by molar-refractivity contribution is 5.92. The van der Waals surface area contributed by atoms with Gasteiger partial charge in [-0.2, -0.15) is 0 Å². The summed E-state index contributed by atoms with van der Waals surface area (Å²) in [6.07, 6.45) is 17.4. The van der Waals surface area contributed by atoms with Crippen molar-refractivity contribution >= 4 is 11.6 Å². The first kappa shape index (κ1) is 24.7. The average molecular weight is 501 g/mol. The average Bonchev–Trinajstić information content (AvgIpc) is 3.56. The number of fused-ring (bicyclic) bond motifs is 5. The van der Waals surface area contributed by atoms with Gasteiger partial charge in [0.25, 0.3) is 0 Å². The molecule has 5 aliphatic rings. The van der Waals surface area contributed by atoms with E-state index in [1.807, 2.05) is 13.0 Å². The fourth-order valence-corrected chi connectivity index (χ4v) is 9.06. The molecule has 1 aliphatic heterocycles. The highest BCUT2D eigenvalue weighted by Crippen LogP contribution is 2.67. The smallest absolute Gasteiger partial charge is 0.229 e. The standard InChI is InChI=1S/C33H40O4/c1-22(34)28-10-11-30-27-9-8-25-19-26(35)13-15-32(25,2)29(27)14-17-33(28,30)16-12-24(31-20-36-21-37-31)18-23-6-4-3-5-7-23/h3-9,19-20,24,27-30H,10-18,21H2,1-2H3/t24?,27-,28-,29+,30+,32+,33-/m1/s1. The van der Waals surface area contributed by atoms with Gasteiger partial charge in [0.05, 0.1) is 0 Å². The number of carbonyl (C=O) groups is 2. The number of allylic oxidation sites excluding steroid dienone is 5. The molecule has 0 saturated heterocycles. The van der Waals surface area contributed by atoms with Crippen molar-refractivity contribution in [3.05, 3.63) is 71.7 Å². The molecule has 1 aromatic carbocycles. The minimum absolute atomic E-state index is 0.0500. The Morgan fingerprint density at radius 3 is 2.70 bits per heavy atom. The van der Waals surface area contributed by atoms with E-state index >= 15 is 0 Å². The van der Waals surface area contributed by atoms with Crippen LogP contribution in [0.4, 0.5) is 0 Å². The van der Waals surface area contributed by atoms with Gasteiger partial charge in [-0.25, -0.2) is 0 Å². The van der Waals surface area contributed by atoms with Gasteiger partial charge in [-0.1, -0.05) is 49.4 Å². The number of rotatable bonds is 7. The number of hydrogen-bond donors (Lipinski definition) is 0. The van der Waals surface area contributed by atoms with Crippen molar-refractivity contribution in [2.24, 2.45) is 40.4 Å². The van der Waals surface area contributed by atoms with Gasteiger partial charge in [-0.15, -0.1) is 0 Å². The van der Waals surface area contributed by atoms with E-state index in [1.165, 1.54) is 11.1 Å². The quantitative estimate of drug-likeness (QED) is 0.406. The lowest BCUT2D eigenvalue weighted by Crippen LogP contribution is -2.50. The van der Waals surface area contributed by atoms with Gasteiger partial charge in [-0.05, 0) is 104 Å². The van der Waals surface area contributed by atoms with Crippen LogP contribution < -0.4 is 0 Å². The molecule has 7 atom stereocenters. The van der Waals surface area contributed by atoms with E-state index in [4.69, 9.17) is 9.47 Å². The van der Waals surface area contributed by atoms with Crippen molar-refractivity contribution in [2.45, 2.75) is 71.6 Å². The molecule has 1 aromatic rings. The molecule has 196 valence electrons. The predicted molar refractivity (Wildman–Crippen MR) is 143 cm³/mol. The second kappa shape index (κ2) is 9.60. The van der Waals surface area contributed by atoms with Crippen molar-refractivity contribution in [1.82, 2.24) is 0 Å². The minimum atomic E-state index is 0.0500. The van der Waals surface area contributed by atoms with Crippen LogP contribution in [0.1, 0.15) is 70.8 Å². The van der Waals surface area contributed by atoms with Gasteiger partial charge in [0, 0.05) is 18.3 Å². The number of Topliss-reactive ketones (excluding diaryl/α,β-unsaturated/α-hetero) is 1. The summed E-state index contributed by atoms with van der Waals surface area (Å²) in [5, 5.41) is 0. The van der Waals surface area contributed by atoms with Crippen molar-refractivity contribution in [2.75, 3.05) is 6.79 Å². The van der Waals surface area contributed by atoms with Crippen LogP contribution in [0.2, 0.25) is 0 Å². The van der Waals surface area contributed by atoms with Crippen molar-refractivity contribution < 1.29 is 19.1 Å². The Morgan fingerprint density at radius 1 is 1.11 bits per heavy atom. The summed E-state index contributed by atoms with van der Waals surface area (Å²) in [6.45, 7) is 4.52. The molecule has 0 N–H and O–H groups in total. The Hall–Kier alpha value is -2.62. The fraction of sp³-hybridized carbons (Fsp3) is 0.576. The topological polar surface area (TPSA) is 52.6 Å². The zero-order chi connectivity index (χ0) is 25.6. The van der Waals surface area contributed by atoms with E-state index in [2.05, 4.69) is 49.4 Å². The molecule has 0 spiro atoms. The maximum Gasteiger partial charge on any atom is 0.229 e. The van der Waals surface area contributed by atoms with E-state index in [9.17, 15) is 9.59 Å². The summed E-state index contributed by atoms with van der Waals surface area (Å²) < 4.78 is 11.4. The van der Waals surface area contributed by atoms with E-state index in [0.29, 0.717) is 36.8 Å². The van der Waals surface area contributed by atoms with Crippen LogP contribution in [0.3, 0.4) is 0 Å². The van der Waals surface area contributed by atoms with Gasteiger partial charge in [0.15, 0.2) is 5.78 Å². The zero-order valence-electron chi connectivity index (χ0n) is 22.3. The van der Waals surface area contributed by atoms with Gasteiger partial charge < -0.3 is 9.47 Å². The third kappa shape index (κ3) is 4.21. The summed E-state index contributed by atoms with van der Waals surface area (Å²) in [5.41, 5.74) is 2.69. The molecule has 6 rings (SSSR count). The number of benzene rings is 1. The Balaban J connectivity index is 1.29. The Kier molecular flexibility index (Phi) is 6.41. The Labute approximate surface area is 221 Å². The maximum absolute atomic E-state index is 13.1. The van der Waals surface area contributed by atoms with Crippen molar-refractivity contribution in [3.63, 3.8) is 0 Å². The molecular weight excluding hydrogens is 460 g/mol. The normalized spacial score (nSPS) is 36.9. The summed E-state index contributed by atoms with van der Waals surface area (Å²) in [5.74, 6) is 3.58. The molecule has 0 amide bonds. The van der Waals surface area contributed by atoms with Gasteiger partial charge in [0.2, 0.25) is 6.79 Å². The third-order valence-electron chi connectivity index (χ3n) is 10.9. The highest BCUT2D eigenvalue weighted by atomic mass is 16.7. The molecular formula is C33H40O4. The Morgan fingerprint density at radius 2 is 1.95 bits per heavy atom. The third-order valence-corrected chi connectivity index (χ3v) is 10.9. The molecule has 4 heteroatoms. The lowest BCUT2D eigenvalue weighted by atomic mass is 9.47. The van der Waals surface area contributed by atoms with Crippen LogP contribution in [0.15, 0.2) is 66.2 Å². The van der Waals surface area contributed by atoms with Gasteiger partial charge >= 0.3 is 0 Å². The minimum Gasteiger partial charge on any atom is -0.462 e. The van der Waals surface area contributed by atoms with Crippen molar-refractivity contribution in [1.29, 1.82) is 0 Å². The molecule has 1 unspecified atom stereocenters. The van der Waals surface area contributed by atoms with Crippen LogP contribution >= 0.6 is 0 Å². The van der Waals surface area contributed by atoms with E-state index < -0.39 is 0 Å². The summed E-state index contributed by atoms with van der Waals surface area (Å²) in [7, 11) is 0. The molecule has 0 radical (unpaired) electrons. The SMILES string of the molecule is CC(=O)[C@H]1CC[C@H]2[C@@H]3C=CC4=CC(=O)CC[C@]4(C)[C@H]3CC[C@]12CCC(Cc1ccccc1)C1=COCO1. The maximum atomic E-state index is 13.1. The van der Waals surface area contributed by atoms with Crippen molar-refractivity contribution in [3.8, 4) is 0 Å². The largest absolute Gasteiger partial charge is 0.462 e. The Bertz CT molecular complexity index is 1150. The first-order chi connectivity index (χ1) is 17.9. The van der Waals surface area contributed by atoms with Crippen LogP contribution in [0.5, 0.6) is 0 Å². The number of carbonyl (C=O) groups excluding carboxylic acids is 2. The number of ether oxygens (including phenoxy) is 2. The first-order valence-electron chi connectivity index (χ1n) is 14.3. The second-order valence-electron chi connectivity index (χ2n) is 12.5. The van der Waals surface area contributed by atoms with Crippen LogP contribution in [-0.4, -0.2) is 18.4 Å². The molecule has 2 fully saturated rings. The molecule has 2 saturated carbocycles. The molecule has 4 nitrogen and oxygen atoms in total. The molecule has 0 aromatic heterocycles. The van der Waals surface area contributed by atoms with Gasteiger partial charge in [-0.3, -0.25) is 9.59 Å². The van der Waals surface area contributed by atoms with Crippen LogP contribution in [0.25, 0.3) is 0 Å². The summed E-state index contributed by atoms with van der Waals surface area (Å²) >= 11 is 0. The highest BCUT2D eigenvalue weighted by Gasteiger charge is 2.60. The zero-order valence-corrected chi connectivity index (χ0v) is 22.3. The lowest BCUT2D eigenvalue weighted by Gasteiger charge is -2.57. The first-order valence-corrected chi connectivity index (χ1v) is 14.3. The van der Waals surface area contributed by atoms with E-state index in [0.717, 1.165) is 57.1 Å². The number of hydrogen-bond acceptors (Lipinski definition) is 4. The van der Waals surface area contributed by atoms with E-state index in [-0.39, 0.29) is 28.4 Å². The predicted octanol–water partition coefficient (Wildman–Crippen LogP) is 6.96. The molecule has 0 bridgehead atoms. The van der Waals surface area contributed by atoms with Crippen LogP contribution in [0, 0.1) is 40.4 Å². The second-order valence-corrected chi connectivity index (χ2v) is 12.5. The number of ketones is 2. The van der Waals surface area contributed by atoms with Crippen LogP contribution in [-0.2, 0) is 25.5 Å². The molecule has 37 heavy (non-hydrogen) atoms. The molecule has 4 aliphatic carbocycles. The van der Waals surface area contributed by atoms with E-state index in [1.54, 1.807) is 6.26 Å². The summed E-state index contributed by atoms with van der Waals surface area (Å²) in [4.78, 5) is 25.3. The lowest BCUT2D eigenvalue weighted by molar-refractivity contribution is -0.128. The van der Waals surface area contributed by atoms with Gasteiger partial charge in [0.1, 0.15) is 17.8 Å². The molecule has 1 heterocycles. The fourth-order valence-electron chi connectivity index (χ4n) is 9.06. The monoisotopic (exact) mass is 500 g/mol. The summed E-state index contributed by atoms with van der Waals surface area (Å²) in [6, 6.07) is 10.6.